The third-order valence-electron chi connectivity index (χ3n) is 5.59. The molecule has 4 rings (SSSR count). The lowest BCUT2D eigenvalue weighted by Crippen LogP contribution is -2.21. The molecule has 0 saturated carbocycles. The van der Waals surface area contributed by atoms with Crippen LogP contribution in [0.25, 0.3) is 23.0 Å². The van der Waals surface area contributed by atoms with Gasteiger partial charge < -0.3 is 15.0 Å². The van der Waals surface area contributed by atoms with Crippen molar-refractivity contribution in [3.05, 3.63) is 102 Å². The summed E-state index contributed by atoms with van der Waals surface area (Å²) in [4.78, 5) is 26.5. The van der Waals surface area contributed by atoms with Crippen LogP contribution in [-0.2, 0) is 4.79 Å². The standard InChI is InChI=1S/C29H25N5O3/c1-33(2)29(36)21-9-13-24(14-10-21)31-28(35)22(18-30)17-23-19-34(25-7-5-4-6-8-25)32-27(23)20-11-15-26(37-3)16-12-20/h4-17,19H,1-3H3,(H,31,35)/b22-17+. The number of hydrogen-bond acceptors (Lipinski definition) is 5. The smallest absolute Gasteiger partial charge is 0.266 e. The molecular formula is C29H25N5O3. The normalized spacial score (nSPS) is 10.9. The molecule has 0 aliphatic carbocycles. The Morgan fingerprint density at radius 3 is 2.27 bits per heavy atom. The SMILES string of the molecule is COc1ccc(-c2nn(-c3ccccc3)cc2/C=C(\C#N)C(=O)Nc2ccc(C(=O)N(C)C)cc2)cc1. The Kier molecular flexibility index (Phi) is 7.45. The van der Waals surface area contributed by atoms with Gasteiger partial charge in [0.1, 0.15) is 17.4 Å². The van der Waals surface area contributed by atoms with Crippen LogP contribution in [0.2, 0.25) is 0 Å². The number of carbonyl (C=O) groups is 2. The summed E-state index contributed by atoms with van der Waals surface area (Å²) in [6.45, 7) is 0. The van der Waals surface area contributed by atoms with Gasteiger partial charge in [0, 0.05) is 42.7 Å². The van der Waals surface area contributed by atoms with Crippen LogP contribution >= 0.6 is 0 Å². The molecule has 3 aromatic carbocycles. The number of carbonyl (C=O) groups excluding carboxylic acids is 2. The molecule has 0 fully saturated rings. The second-order valence-corrected chi connectivity index (χ2v) is 8.34. The van der Waals surface area contributed by atoms with Gasteiger partial charge in [-0.2, -0.15) is 10.4 Å². The number of nitriles is 1. The molecule has 0 radical (unpaired) electrons. The zero-order chi connectivity index (χ0) is 26.4. The average Bonchev–Trinajstić information content (AvgIpc) is 3.36. The molecule has 0 unspecified atom stereocenters. The molecule has 0 atom stereocenters. The van der Waals surface area contributed by atoms with Crippen molar-refractivity contribution < 1.29 is 14.3 Å². The first-order valence-electron chi connectivity index (χ1n) is 11.4. The van der Waals surface area contributed by atoms with E-state index in [1.807, 2.05) is 60.7 Å². The highest BCUT2D eigenvalue weighted by Gasteiger charge is 2.16. The van der Waals surface area contributed by atoms with E-state index in [-0.39, 0.29) is 11.5 Å². The van der Waals surface area contributed by atoms with Crippen molar-refractivity contribution in [3.63, 3.8) is 0 Å². The van der Waals surface area contributed by atoms with Crippen LogP contribution in [0.1, 0.15) is 15.9 Å². The van der Waals surface area contributed by atoms with E-state index in [0.717, 1.165) is 11.3 Å². The predicted octanol–water partition coefficient (Wildman–Crippen LogP) is 4.80. The minimum atomic E-state index is -0.567. The lowest BCUT2D eigenvalue weighted by molar-refractivity contribution is -0.112. The van der Waals surface area contributed by atoms with Crippen molar-refractivity contribution in [3.8, 4) is 28.8 Å². The minimum Gasteiger partial charge on any atom is -0.497 e. The topological polar surface area (TPSA) is 100 Å². The van der Waals surface area contributed by atoms with Gasteiger partial charge in [0.15, 0.2) is 0 Å². The number of benzene rings is 3. The fourth-order valence-corrected chi connectivity index (χ4v) is 3.64. The Balaban J connectivity index is 1.66. The van der Waals surface area contributed by atoms with E-state index >= 15 is 0 Å². The maximum absolute atomic E-state index is 13.0. The maximum atomic E-state index is 13.0. The van der Waals surface area contributed by atoms with Gasteiger partial charge in [0.25, 0.3) is 11.8 Å². The van der Waals surface area contributed by atoms with Crippen molar-refractivity contribution in [2.75, 3.05) is 26.5 Å². The lowest BCUT2D eigenvalue weighted by Gasteiger charge is -2.11. The summed E-state index contributed by atoms with van der Waals surface area (Å²) in [7, 11) is 4.93. The lowest BCUT2D eigenvalue weighted by atomic mass is 10.1. The first kappa shape index (κ1) is 24.9. The van der Waals surface area contributed by atoms with E-state index < -0.39 is 5.91 Å². The van der Waals surface area contributed by atoms with Crippen LogP contribution in [0, 0.1) is 11.3 Å². The molecule has 2 amide bonds. The molecular weight excluding hydrogens is 466 g/mol. The van der Waals surface area contributed by atoms with E-state index in [2.05, 4.69) is 5.32 Å². The van der Waals surface area contributed by atoms with Gasteiger partial charge in [0.2, 0.25) is 0 Å². The monoisotopic (exact) mass is 491 g/mol. The van der Waals surface area contributed by atoms with Crippen LogP contribution in [0.15, 0.2) is 90.6 Å². The number of para-hydroxylation sites is 1. The Bertz CT molecular complexity index is 1480. The molecule has 8 heteroatoms. The van der Waals surface area contributed by atoms with Gasteiger partial charge in [0.05, 0.1) is 18.5 Å². The number of nitrogens with zero attached hydrogens (tertiary/aromatic N) is 4. The van der Waals surface area contributed by atoms with Crippen LogP contribution in [0.5, 0.6) is 5.75 Å². The molecule has 37 heavy (non-hydrogen) atoms. The molecule has 0 bridgehead atoms. The molecule has 1 aromatic heterocycles. The second kappa shape index (κ2) is 11.1. The first-order chi connectivity index (χ1) is 17.9. The highest BCUT2D eigenvalue weighted by molar-refractivity contribution is 6.10. The van der Waals surface area contributed by atoms with Crippen LogP contribution < -0.4 is 10.1 Å². The zero-order valence-corrected chi connectivity index (χ0v) is 20.7. The molecule has 0 aliphatic rings. The Morgan fingerprint density at radius 2 is 1.68 bits per heavy atom. The number of anilines is 1. The number of ether oxygens (including phenoxy) is 1. The van der Waals surface area contributed by atoms with E-state index in [1.165, 1.54) is 11.0 Å². The first-order valence-corrected chi connectivity index (χ1v) is 11.4. The van der Waals surface area contributed by atoms with E-state index in [9.17, 15) is 14.9 Å². The van der Waals surface area contributed by atoms with Gasteiger partial charge in [-0.3, -0.25) is 9.59 Å². The second-order valence-electron chi connectivity index (χ2n) is 8.34. The fraction of sp³-hybridized carbons (Fsp3) is 0.103. The summed E-state index contributed by atoms with van der Waals surface area (Å²) < 4.78 is 6.96. The van der Waals surface area contributed by atoms with Crippen molar-refractivity contribution in [2.45, 2.75) is 0 Å². The maximum Gasteiger partial charge on any atom is 0.266 e. The van der Waals surface area contributed by atoms with Gasteiger partial charge in [-0.25, -0.2) is 4.68 Å². The van der Waals surface area contributed by atoms with Crippen molar-refractivity contribution >= 4 is 23.6 Å². The van der Waals surface area contributed by atoms with E-state index in [1.54, 1.807) is 56.3 Å². The number of rotatable bonds is 7. The molecule has 1 N–H and O–H groups in total. The number of aromatic nitrogens is 2. The summed E-state index contributed by atoms with van der Waals surface area (Å²) in [5, 5.41) is 17.2. The molecule has 0 aliphatic heterocycles. The summed E-state index contributed by atoms with van der Waals surface area (Å²) in [6.07, 6.45) is 3.30. The Labute approximate surface area is 215 Å². The summed E-state index contributed by atoms with van der Waals surface area (Å²) >= 11 is 0. The summed E-state index contributed by atoms with van der Waals surface area (Å²) in [6, 6.07) is 25.5. The largest absolute Gasteiger partial charge is 0.497 e. The van der Waals surface area contributed by atoms with Crippen LogP contribution in [-0.4, -0.2) is 47.7 Å². The predicted molar refractivity (Wildman–Crippen MR) is 142 cm³/mol. The van der Waals surface area contributed by atoms with Gasteiger partial charge >= 0.3 is 0 Å². The fourth-order valence-electron chi connectivity index (χ4n) is 3.64. The third kappa shape index (κ3) is 5.74. The van der Waals surface area contributed by atoms with Crippen molar-refractivity contribution in [2.24, 2.45) is 0 Å². The van der Waals surface area contributed by atoms with Crippen LogP contribution in [0.3, 0.4) is 0 Å². The minimum absolute atomic E-state index is 0.0872. The molecule has 0 saturated heterocycles. The van der Waals surface area contributed by atoms with Gasteiger partial charge in [-0.05, 0) is 66.7 Å². The summed E-state index contributed by atoms with van der Waals surface area (Å²) in [5.41, 5.74) is 3.74. The number of amides is 2. The Hall–Kier alpha value is -5.16. The molecule has 1 heterocycles. The zero-order valence-electron chi connectivity index (χ0n) is 20.7. The summed E-state index contributed by atoms with van der Waals surface area (Å²) in [5.74, 6) is -0.00182. The van der Waals surface area contributed by atoms with E-state index in [0.29, 0.717) is 28.3 Å². The number of nitrogens with one attached hydrogen (secondary N) is 1. The average molecular weight is 492 g/mol. The van der Waals surface area contributed by atoms with Gasteiger partial charge in [-0.1, -0.05) is 18.2 Å². The highest BCUT2D eigenvalue weighted by atomic mass is 16.5. The molecule has 4 aromatic rings. The number of hydrogen-bond donors (Lipinski definition) is 1. The highest BCUT2D eigenvalue weighted by Crippen LogP contribution is 2.27. The van der Waals surface area contributed by atoms with Gasteiger partial charge in [-0.15, -0.1) is 0 Å². The van der Waals surface area contributed by atoms with Crippen molar-refractivity contribution in [1.29, 1.82) is 5.26 Å². The molecule has 184 valence electrons. The molecule has 0 spiro atoms. The van der Waals surface area contributed by atoms with Crippen molar-refractivity contribution in [1.82, 2.24) is 14.7 Å². The van der Waals surface area contributed by atoms with E-state index in [4.69, 9.17) is 9.84 Å². The molecule has 8 nitrogen and oxygen atoms in total. The number of methoxy groups -OCH3 is 1. The van der Waals surface area contributed by atoms with Crippen LogP contribution in [0.4, 0.5) is 5.69 Å². The quantitative estimate of drug-likeness (QED) is 0.296. The third-order valence-corrected chi connectivity index (χ3v) is 5.59. The Morgan fingerprint density at radius 1 is 1.00 bits per heavy atom.